The van der Waals surface area contributed by atoms with Crippen molar-refractivity contribution in [3.8, 4) is 11.3 Å². The summed E-state index contributed by atoms with van der Waals surface area (Å²) in [7, 11) is -5.59. The zero-order chi connectivity index (χ0) is 25.1. The van der Waals surface area contributed by atoms with Gasteiger partial charge in [-0.1, -0.05) is 6.07 Å². The topological polar surface area (TPSA) is 151 Å². The Bertz CT molecular complexity index is 1370. The van der Waals surface area contributed by atoms with Crippen molar-refractivity contribution in [2.75, 3.05) is 30.8 Å². The van der Waals surface area contributed by atoms with Crippen LogP contribution in [0.2, 0.25) is 0 Å². The quantitative estimate of drug-likeness (QED) is 0.435. The smallest absolute Gasteiger partial charge is 0.345 e. The summed E-state index contributed by atoms with van der Waals surface area (Å²) < 4.78 is 60.3. The van der Waals surface area contributed by atoms with Gasteiger partial charge < -0.3 is 20.1 Å². The molecule has 2 aromatic carbocycles. The third-order valence-corrected chi connectivity index (χ3v) is 9.57. The molecule has 10 nitrogen and oxygen atoms in total. The van der Waals surface area contributed by atoms with E-state index in [1.165, 1.54) is 42.6 Å². The Morgan fingerprint density at radius 1 is 1.15 bits per heavy atom. The first-order chi connectivity index (χ1) is 16.0. The summed E-state index contributed by atoms with van der Waals surface area (Å²) >= 11 is 0. The van der Waals surface area contributed by atoms with Gasteiger partial charge >= 0.3 is 7.60 Å². The summed E-state index contributed by atoms with van der Waals surface area (Å²) in [5.41, 5.74) is 6.50. The molecule has 180 valence electrons. The number of aryl methyl sites for hydroxylation is 1. The van der Waals surface area contributed by atoms with Gasteiger partial charge in [0.2, 0.25) is 0 Å². The minimum atomic E-state index is -3.99. The van der Waals surface area contributed by atoms with Gasteiger partial charge in [0.15, 0.2) is 26.8 Å². The zero-order valence-corrected chi connectivity index (χ0v) is 20.2. The lowest BCUT2D eigenvalue weighted by Crippen LogP contribution is -2.17. The molecule has 3 aromatic rings. The van der Waals surface area contributed by atoms with Gasteiger partial charge in [-0.2, -0.15) is 0 Å². The normalized spacial score (nSPS) is 11.9. The molecule has 0 saturated carbocycles. The van der Waals surface area contributed by atoms with Crippen molar-refractivity contribution in [1.82, 2.24) is 9.97 Å². The molecule has 0 aliphatic rings. The number of carbonyl (C=O) groups excluding carboxylic acids is 1. The minimum absolute atomic E-state index is 0.135. The molecule has 34 heavy (non-hydrogen) atoms. The number of nitrogens with two attached hydrogens (primary N) is 1. The number of nitrogens with zero attached hydrogens (tertiary/aromatic N) is 2. The van der Waals surface area contributed by atoms with Crippen molar-refractivity contribution in [2.45, 2.75) is 11.8 Å². The van der Waals surface area contributed by atoms with Crippen LogP contribution < -0.4 is 11.1 Å². The van der Waals surface area contributed by atoms with Crippen molar-refractivity contribution in [2.24, 2.45) is 0 Å². The number of hydrogen-bond acceptors (Lipinski definition) is 9. The standard InChI is InChI=1S/C21H22FN4O6PS/c1-13-4-5-14(22)10-17(13)18-11-24-20(23)19(26-18)21(27)25-15-6-8-16(9-7-15)34(29,30)12-33(28,31-2)32-3/h4-11H,12H2,1-3H3,(H2,23,24)(H,25,27). The van der Waals surface area contributed by atoms with Crippen LogP contribution in [0.15, 0.2) is 53.6 Å². The molecular weight excluding hydrogens is 486 g/mol. The Kier molecular flexibility index (Phi) is 7.47. The van der Waals surface area contributed by atoms with Crippen LogP contribution in [0, 0.1) is 12.7 Å². The number of benzene rings is 2. The number of halogens is 1. The Hall–Kier alpha value is -3.18. The van der Waals surface area contributed by atoms with E-state index in [1.54, 1.807) is 13.0 Å². The molecule has 1 aromatic heterocycles. The molecule has 0 aliphatic heterocycles. The Labute approximate surface area is 195 Å². The molecular formula is C21H22FN4O6PS. The van der Waals surface area contributed by atoms with Crippen molar-refractivity contribution < 1.29 is 31.2 Å². The maximum Gasteiger partial charge on any atom is 0.345 e. The fourth-order valence-corrected chi connectivity index (χ4v) is 6.77. The zero-order valence-electron chi connectivity index (χ0n) is 18.5. The molecule has 1 heterocycles. The molecule has 13 heteroatoms. The maximum absolute atomic E-state index is 13.7. The monoisotopic (exact) mass is 508 g/mol. The first-order valence-corrected chi connectivity index (χ1v) is 13.1. The highest BCUT2D eigenvalue weighted by Gasteiger charge is 2.31. The summed E-state index contributed by atoms with van der Waals surface area (Å²) in [5.74, 6) is -1.29. The molecule has 1 amide bonds. The van der Waals surface area contributed by atoms with Crippen molar-refractivity contribution in [3.05, 3.63) is 65.7 Å². The van der Waals surface area contributed by atoms with E-state index in [1.807, 2.05) is 0 Å². The fraction of sp³-hybridized carbons (Fsp3) is 0.190. The van der Waals surface area contributed by atoms with Crippen molar-refractivity contribution >= 4 is 34.8 Å². The van der Waals surface area contributed by atoms with E-state index in [0.717, 1.165) is 19.8 Å². The number of sulfone groups is 1. The lowest BCUT2D eigenvalue weighted by Gasteiger charge is -2.14. The first kappa shape index (κ1) is 25.4. The molecule has 0 fully saturated rings. The molecule has 0 spiro atoms. The average molecular weight is 508 g/mol. The predicted octanol–water partition coefficient (Wildman–Crippen LogP) is 3.64. The second kappa shape index (κ2) is 9.98. The van der Waals surface area contributed by atoms with Crippen LogP contribution in [-0.2, 0) is 23.4 Å². The van der Waals surface area contributed by atoms with Gasteiger partial charge in [-0.3, -0.25) is 9.36 Å². The molecule has 0 radical (unpaired) electrons. The van der Waals surface area contributed by atoms with Gasteiger partial charge in [0.1, 0.15) is 5.82 Å². The SMILES string of the molecule is COP(=O)(CS(=O)(=O)c1ccc(NC(=O)c2nc(-c3cc(F)ccc3C)cnc2N)cc1)OC. The van der Waals surface area contributed by atoms with Gasteiger partial charge in [0, 0.05) is 25.5 Å². The van der Waals surface area contributed by atoms with Crippen LogP contribution >= 0.6 is 7.60 Å². The van der Waals surface area contributed by atoms with E-state index in [2.05, 4.69) is 24.3 Å². The van der Waals surface area contributed by atoms with E-state index in [4.69, 9.17) is 5.73 Å². The number of aromatic nitrogens is 2. The number of nitrogens with one attached hydrogen (secondary N) is 1. The fourth-order valence-electron chi connectivity index (χ4n) is 2.96. The van der Waals surface area contributed by atoms with Gasteiger partial charge in [-0.25, -0.2) is 22.8 Å². The lowest BCUT2D eigenvalue weighted by atomic mass is 10.1. The summed E-state index contributed by atoms with van der Waals surface area (Å²) in [6.45, 7) is 1.76. The van der Waals surface area contributed by atoms with E-state index < -0.39 is 34.7 Å². The van der Waals surface area contributed by atoms with Gasteiger partial charge in [0.25, 0.3) is 5.91 Å². The Morgan fingerprint density at radius 2 is 1.79 bits per heavy atom. The molecule has 3 rings (SSSR count). The Balaban J connectivity index is 1.83. The molecule has 0 saturated heterocycles. The van der Waals surface area contributed by atoms with Gasteiger partial charge in [0.05, 0.1) is 16.8 Å². The van der Waals surface area contributed by atoms with Crippen LogP contribution in [0.5, 0.6) is 0 Å². The van der Waals surface area contributed by atoms with E-state index in [-0.39, 0.29) is 27.8 Å². The third-order valence-electron chi connectivity index (χ3n) is 4.85. The largest absolute Gasteiger partial charge is 0.382 e. The molecule has 0 unspecified atom stereocenters. The van der Waals surface area contributed by atoms with Crippen LogP contribution in [0.1, 0.15) is 16.1 Å². The van der Waals surface area contributed by atoms with E-state index in [0.29, 0.717) is 5.56 Å². The predicted molar refractivity (Wildman–Crippen MR) is 125 cm³/mol. The van der Waals surface area contributed by atoms with Gasteiger partial charge in [-0.15, -0.1) is 0 Å². The molecule has 0 bridgehead atoms. The molecule has 3 N–H and O–H groups in total. The summed E-state index contributed by atoms with van der Waals surface area (Å²) in [6.07, 6.45) is 1.34. The highest BCUT2D eigenvalue weighted by molar-refractivity contribution is 7.97. The van der Waals surface area contributed by atoms with Gasteiger partial charge in [-0.05, 0) is 48.9 Å². The number of hydrogen-bond donors (Lipinski definition) is 2. The second-order valence-electron chi connectivity index (χ2n) is 7.15. The number of carbonyl (C=O) groups is 1. The van der Waals surface area contributed by atoms with Crippen molar-refractivity contribution in [3.63, 3.8) is 0 Å². The third kappa shape index (κ3) is 5.65. The van der Waals surface area contributed by atoms with Crippen molar-refractivity contribution in [1.29, 1.82) is 0 Å². The number of amides is 1. The number of anilines is 2. The van der Waals surface area contributed by atoms with Crippen LogP contribution in [0.4, 0.5) is 15.9 Å². The highest BCUT2D eigenvalue weighted by Crippen LogP contribution is 2.48. The van der Waals surface area contributed by atoms with Crippen LogP contribution in [-0.4, -0.2) is 44.0 Å². The number of rotatable bonds is 8. The summed E-state index contributed by atoms with van der Waals surface area (Å²) in [6, 6.07) is 9.34. The van der Waals surface area contributed by atoms with Crippen LogP contribution in [0.3, 0.4) is 0 Å². The minimum Gasteiger partial charge on any atom is -0.382 e. The number of nitrogen functional groups attached to an aromatic ring is 1. The average Bonchev–Trinajstić information content (AvgIpc) is 2.81. The van der Waals surface area contributed by atoms with Crippen LogP contribution in [0.25, 0.3) is 11.3 Å². The second-order valence-corrected chi connectivity index (χ2v) is 11.8. The Morgan fingerprint density at radius 3 is 2.41 bits per heavy atom. The lowest BCUT2D eigenvalue weighted by molar-refractivity contribution is 0.102. The summed E-state index contributed by atoms with van der Waals surface area (Å²) in [4.78, 5) is 20.8. The summed E-state index contributed by atoms with van der Waals surface area (Å²) in [5, 5.41) is 2.56. The highest BCUT2D eigenvalue weighted by atomic mass is 32.2. The van der Waals surface area contributed by atoms with E-state index >= 15 is 0 Å². The molecule has 0 atom stereocenters. The first-order valence-electron chi connectivity index (χ1n) is 9.72. The maximum atomic E-state index is 13.7. The van der Waals surface area contributed by atoms with E-state index in [9.17, 15) is 22.2 Å². The molecule has 0 aliphatic carbocycles.